The second kappa shape index (κ2) is 15.5. The van der Waals surface area contributed by atoms with Gasteiger partial charge in [-0.15, -0.1) is 0 Å². The lowest BCUT2D eigenvalue weighted by Crippen LogP contribution is -2.27. The molecule has 0 aromatic carbocycles. The maximum atomic E-state index is 11.9. The zero-order valence-electron chi connectivity index (χ0n) is 16.0. The van der Waals surface area contributed by atoms with E-state index < -0.39 is 0 Å². The lowest BCUT2D eigenvalue weighted by molar-refractivity contribution is -0.130. The van der Waals surface area contributed by atoms with Crippen LogP contribution in [0.5, 0.6) is 0 Å². The van der Waals surface area contributed by atoms with Gasteiger partial charge in [0.25, 0.3) is 0 Å². The third-order valence-electron chi connectivity index (χ3n) is 4.77. The van der Waals surface area contributed by atoms with E-state index in [0.29, 0.717) is 5.91 Å². The fourth-order valence-electron chi connectivity index (χ4n) is 3.18. The maximum absolute atomic E-state index is 11.9. The van der Waals surface area contributed by atoms with Crippen molar-refractivity contribution in [2.24, 2.45) is 0 Å². The van der Waals surface area contributed by atoms with Crippen molar-refractivity contribution < 1.29 is 4.79 Å². The Morgan fingerprint density at radius 3 is 1.88 bits per heavy atom. The molecule has 2 heteroatoms. The predicted molar refractivity (Wildman–Crippen MR) is 105 cm³/mol. The van der Waals surface area contributed by atoms with Crippen molar-refractivity contribution in [3.05, 3.63) is 24.3 Å². The van der Waals surface area contributed by atoms with Gasteiger partial charge in [0.15, 0.2) is 0 Å². The fraction of sp³-hybridized carbons (Fsp3) is 0.773. The standard InChI is InChI=1S/C22H39NO/c1-2-3-4-5-6-7-8-9-10-11-12-13-14-15-16-19-22(24)23-20-17-18-21-23/h7-8,12-13H,2-6,9-11,14-21H2,1H3/b8-7+,13-12+. The van der Waals surface area contributed by atoms with Gasteiger partial charge >= 0.3 is 0 Å². The van der Waals surface area contributed by atoms with Gasteiger partial charge in [-0.2, -0.15) is 0 Å². The summed E-state index contributed by atoms with van der Waals surface area (Å²) >= 11 is 0. The molecule has 0 spiro atoms. The van der Waals surface area contributed by atoms with Gasteiger partial charge in [-0.1, -0.05) is 50.5 Å². The Kier molecular flexibility index (Phi) is 13.5. The zero-order chi connectivity index (χ0) is 17.3. The number of hydrogen-bond donors (Lipinski definition) is 0. The minimum absolute atomic E-state index is 0.373. The summed E-state index contributed by atoms with van der Waals surface area (Å²) in [5.74, 6) is 0.373. The second-order valence-electron chi connectivity index (χ2n) is 7.06. The minimum atomic E-state index is 0.373. The number of allylic oxidation sites excluding steroid dienone is 4. The minimum Gasteiger partial charge on any atom is -0.343 e. The van der Waals surface area contributed by atoms with Crippen LogP contribution < -0.4 is 0 Å². The van der Waals surface area contributed by atoms with Crippen LogP contribution in [0, 0.1) is 0 Å². The summed E-state index contributed by atoms with van der Waals surface area (Å²) in [5, 5.41) is 0. The molecule has 0 aromatic rings. The normalized spacial score (nSPS) is 15.1. The highest BCUT2D eigenvalue weighted by Gasteiger charge is 2.16. The van der Waals surface area contributed by atoms with Crippen molar-refractivity contribution in [2.75, 3.05) is 13.1 Å². The van der Waals surface area contributed by atoms with E-state index in [2.05, 4.69) is 31.2 Å². The molecule has 0 N–H and O–H groups in total. The molecule has 138 valence electrons. The van der Waals surface area contributed by atoms with E-state index in [0.717, 1.165) is 38.8 Å². The van der Waals surface area contributed by atoms with E-state index >= 15 is 0 Å². The zero-order valence-corrected chi connectivity index (χ0v) is 16.0. The first-order valence-electron chi connectivity index (χ1n) is 10.4. The SMILES string of the molecule is CCCCCC/C=C/CCC/C=C/CCCCC(=O)N1CCCC1. The first-order chi connectivity index (χ1) is 11.8. The second-order valence-corrected chi connectivity index (χ2v) is 7.06. The molecule has 1 fully saturated rings. The quantitative estimate of drug-likeness (QED) is 0.265. The van der Waals surface area contributed by atoms with Gasteiger partial charge in [-0.05, 0) is 64.2 Å². The smallest absolute Gasteiger partial charge is 0.222 e. The molecule has 0 saturated carbocycles. The number of hydrogen-bond acceptors (Lipinski definition) is 1. The van der Waals surface area contributed by atoms with Crippen molar-refractivity contribution >= 4 is 5.91 Å². The van der Waals surface area contributed by atoms with Gasteiger partial charge in [0.05, 0.1) is 0 Å². The van der Waals surface area contributed by atoms with Gasteiger partial charge < -0.3 is 4.90 Å². The number of carbonyl (C=O) groups is 1. The van der Waals surface area contributed by atoms with Gasteiger partial charge in [-0.3, -0.25) is 4.79 Å². The van der Waals surface area contributed by atoms with Crippen LogP contribution in [-0.4, -0.2) is 23.9 Å². The Bertz CT molecular complexity index is 353. The molecule has 1 saturated heterocycles. The third kappa shape index (κ3) is 11.5. The molecule has 0 radical (unpaired) electrons. The van der Waals surface area contributed by atoms with Crippen LogP contribution in [0.2, 0.25) is 0 Å². The van der Waals surface area contributed by atoms with Crippen molar-refractivity contribution in [3.8, 4) is 0 Å². The van der Waals surface area contributed by atoms with E-state index in [1.165, 1.54) is 64.2 Å². The Morgan fingerprint density at radius 1 is 0.750 bits per heavy atom. The monoisotopic (exact) mass is 333 g/mol. The summed E-state index contributed by atoms with van der Waals surface area (Å²) in [6, 6.07) is 0. The van der Waals surface area contributed by atoms with E-state index in [1.54, 1.807) is 0 Å². The first-order valence-corrected chi connectivity index (χ1v) is 10.4. The van der Waals surface area contributed by atoms with Crippen LogP contribution in [0.25, 0.3) is 0 Å². The molecule has 1 rings (SSSR count). The summed E-state index contributed by atoms with van der Waals surface area (Å²) in [4.78, 5) is 13.9. The first kappa shape index (κ1) is 21.0. The molecule has 0 unspecified atom stereocenters. The topological polar surface area (TPSA) is 20.3 Å². The molecule has 1 aliphatic heterocycles. The number of amides is 1. The number of nitrogens with zero attached hydrogens (tertiary/aromatic N) is 1. The average Bonchev–Trinajstić information content (AvgIpc) is 3.13. The van der Waals surface area contributed by atoms with E-state index in [4.69, 9.17) is 0 Å². The summed E-state index contributed by atoms with van der Waals surface area (Å²) in [6.07, 6.45) is 26.1. The van der Waals surface area contributed by atoms with Crippen molar-refractivity contribution in [1.29, 1.82) is 0 Å². The van der Waals surface area contributed by atoms with Crippen molar-refractivity contribution in [1.82, 2.24) is 4.90 Å². The molecular weight excluding hydrogens is 294 g/mol. The molecule has 0 atom stereocenters. The van der Waals surface area contributed by atoms with Gasteiger partial charge in [-0.25, -0.2) is 0 Å². The van der Waals surface area contributed by atoms with E-state index in [-0.39, 0.29) is 0 Å². The molecule has 2 nitrogen and oxygen atoms in total. The summed E-state index contributed by atoms with van der Waals surface area (Å²) in [5.41, 5.74) is 0. The molecule has 24 heavy (non-hydrogen) atoms. The molecule has 0 aliphatic carbocycles. The molecule has 0 bridgehead atoms. The highest BCUT2D eigenvalue weighted by molar-refractivity contribution is 5.76. The van der Waals surface area contributed by atoms with E-state index in [1.807, 2.05) is 4.90 Å². The molecular formula is C22H39NO. The number of rotatable bonds is 14. The summed E-state index contributed by atoms with van der Waals surface area (Å²) in [6.45, 7) is 4.25. The maximum Gasteiger partial charge on any atom is 0.222 e. The molecule has 0 aromatic heterocycles. The van der Waals surface area contributed by atoms with Crippen molar-refractivity contribution in [2.45, 2.75) is 96.8 Å². The Hall–Kier alpha value is -1.05. The largest absolute Gasteiger partial charge is 0.343 e. The lowest BCUT2D eigenvalue weighted by atomic mass is 10.1. The van der Waals surface area contributed by atoms with Crippen LogP contribution in [0.3, 0.4) is 0 Å². The Morgan fingerprint density at radius 2 is 1.29 bits per heavy atom. The highest BCUT2D eigenvalue weighted by atomic mass is 16.2. The van der Waals surface area contributed by atoms with Gasteiger partial charge in [0, 0.05) is 19.5 Å². The predicted octanol–water partition coefficient (Wildman–Crippen LogP) is 6.42. The average molecular weight is 334 g/mol. The molecule has 1 heterocycles. The van der Waals surface area contributed by atoms with Crippen LogP contribution in [0.4, 0.5) is 0 Å². The summed E-state index contributed by atoms with van der Waals surface area (Å²) < 4.78 is 0. The van der Waals surface area contributed by atoms with Gasteiger partial charge in [0.1, 0.15) is 0 Å². The number of unbranched alkanes of at least 4 members (excludes halogenated alkanes) is 8. The van der Waals surface area contributed by atoms with Crippen LogP contribution in [0.1, 0.15) is 96.8 Å². The fourth-order valence-corrected chi connectivity index (χ4v) is 3.18. The molecule has 1 aliphatic rings. The number of carbonyl (C=O) groups excluding carboxylic acids is 1. The highest BCUT2D eigenvalue weighted by Crippen LogP contribution is 2.11. The van der Waals surface area contributed by atoms with Gasteiger partial charge in [0.2, 0.25) is 5.91 Å². The number of likely N-dealkylation sites (tertiary alicyclic amines) is 1. The van der Waals surface area contributed by atoms with Crippen LogP contribution >= 0.6 is 0 Å². The third-order valence-corrected chi connectivity index (χ3v) is 4.77. The Balaban J connectivity index is 1.82. The van der Waals surface area contributed by atoms with Crippen LogP contribution in [-0.2, 0) is 4.79 Å². The summed E-state index contributed by atoms with van der Waals surface area (Å²) in [7, 11) is 0. The lowest BCUT2D eigenvalue weighted by Gasteiger charge is -2.14. The van der Waals surface area contributed by atoms with E-state index in [9.17, 15) is 4.79 Å². The molecule has 1 amide bonds. The Labute approximate surface area is 150 Å². The van der Waals surface area contributed by atoms with Crippen LogP contribution in [0.15, 0.2) is 24.3 Å². The van der Waals surface area contributed by atoms with Crippen molar-refractivity contribution in [3.63, 3.8) is 0 Å².